The van der Waals surface area contributed by atoms with Gasteiger partial charge in [-0.25, -0.2) is 8.42 Å². The molecule has 2 amide bonds. The summed E-state index contributed by atoms with van der Waals surface area (Å²) >= 11 is 12.6. The van der Waals surface area contributed by atoms with Crippen LogP contribution in [0.25, 0.3) is 0 Å². The Morgan fingerprint density at radius 2 is 1.65 bits per heavy atom. The minimum absolute atomic E-state index is 0.0148. The van der Waals surface area contributed by atoms with Gasteiger partial charge in [0.05, 0.1) is 11.9 Å². The molecule has 0 aliphatic carbocycles. The number of nitrogens with one attached hydrogen (secondary N) is 1. The maximum Gasteiger partial charge on any atom is 0.244 e. The number of anilines is 1. The van der Waals surface area contributed by atoms with E-state index in [1.54, 1.807) is 42.5 Å². The second-order valence-corrected chi connectivity index (χ2v) is 12.5. The number of sulfonamides is 1. The lowest BCUT2D eigenvalue weighted by molar-refractivity contribution is -0.140. The number of benzene rings is 3. The van der Waals surface area contributed by atoms with Crippen LogP contribution < -0.4 is 9.62 Å². The van der Waals surface area contributed by atoms with Crippen molar-refractivity contribution in [2.24, 2.45) is 0 Å². The van der Waals surface area contributed by atoms with Gasteiger partial charge in [0.2, 0.25) is 21.8 Å². The summed E-state index contributed by atoms with van der Waals surface area (Å²) < 4.78 is 26.7. The predicted molar refractivity (Wildman–Crippen MR) is 162 cm³/mol. The summed E-state index contributed by atoms with van der Waals surface area (Å²) in [5.74, 6) is -0.861. The van der Waals surface area contributed by atoms with E-state index in [0.29, 0.717) is 27.8 Å². The molecule has 0 fully saturated rings. The number of unbranched alkanes of at least 4 members (excludes halogenated alkanes) is 1. The van der Waals surface area contributed by atoms with Crippen LogP contribution in [0.2, 0.25) is 10.0 Å². The Balaban J connectivity index is 2.05. The van der Waals surface area contributed by atoms with Crippen molar-refractivity contribution in [2.45, 2.75) is 45.7 Å². The second-order valence-electron chi connectivity index (χ2n) is 9.71. The quantitative estimate of drug-likeness (QED) is 0.257. The fourth-order valence-corrected chi connectivity index (χ4v) is 5.54. The zero-order chi connectivity index (χ0) is 29.3. The Hall–Kier alpha value is -3.07. The van der Waals surface area contributed by atoms with Gasteiger partial charge in [-0.1, -0.05) is 90.6 Å². The molecule has 3 aromatic carbocycles. The molecule has 40 heavy (non-hydrogen) atoms. The highest BCUT2D eigenvalue weighted by molar-refractivity contribution is 7.92. The Bertz CT molecular complexity index is 1400. The molecular formula is C30H35Cl2N3O4S. The van der Waals surface area contributed by atoms with Crippen molar-refractivity contribution in [1.82, 2.24) is 10.2 Å². The lowest BCUT2D eigenvalue weighted by Gasteiger charge is -2.33. The maximum atomic E-state index is 14.1. The summed E-state index contributed by atoms with van der Waals surface area (Å²) in [6, 6.07) is 20.3. The zero-order valence-electron chi connectivity index (χ0n) is 22.9. The van der Waals surface area contributed by atoms with Crippen molar-refractivity contribution in [2.75, 3.05) is 23.7 Å². The number of carbonyl (C=O) groups is 2. The van der Waals surface area contributed by atoms with Crippen molar-refractivity contribution < 1.29 is 18.0 Å². The molecule has 0 aliphatic heterocycles. The SMILES string of the molecule is CCCCNC(=O)[C@H](Cc1ccccc1)N(Cc1ccc(Cl)cc1Cl)C(=O)CN(c1ccc(C)cc1)S(C)(=O)=O. The number of nitrogens with zero attached hydrogens (tertiary/aromatic N) is 2. The number of hydrogen-bond donors (Lipinski definition) is 1. The van der Waals surface area contributed by atoms with E-state index in [0.717, 1.165) is 34.5 Å². The molecule has 3 aromatic rings. The standard InChI is InChI=1S/C30H35Cl2N3O4S/c1-4-5-17-33-30(37)28(18-23-9-7-6-8-10-23)34(20-24-13-14-25(31)19-27(24)32)29(36)21-35(40(3,38)39)26-15-11-22(2)12-16-26/h6-16,19,28H,4-5,17-18,20-21H2,1-3H3,(H,33,37)/t28-/m0/s1. The first kappa shape index (κ1) is 31.5. The zero-order valence-corrected chi connectivity index (χ0v) is 25.3. The Morgan fingerprint density at radius 3 is 2.25 bits per heavy atom. The Labute approximate surface area is 247 Å². The van der Waals surface area contributed by atoms with Gasteiger partial charge in [-0.05, 0) is 48.7 Å². The van der Waals surface area contributed by atoms with Crippen molar-refractivity contribution in [3.63, 3.8) is 0 Å². The van der Waals surface area contributed by atoms with Gasteiger partial charge in [0.1, 0.15) is 12.6 Å². The fraction of sp³-hybridized carbons (Fsp3) is 0.333. The molecule has 0 heterocycles. The molecule has 7 nitrogen and oxygen atoms in total. The normalized spacial score (nSPS) is 12.0. The van der Waals surface area contributed by atoms with Gasteiger partial charge >= 0.3 is 0 Å². The van der Waals surface area contributed by atoms with Gasteiger partial charge in [0, 0.05) is 29.6 Å². The van der Waals surface area contributed by atoms with Crippen LogP contribution in [0.1, 0.15) is 36.5 Å². The minimum atomic E-state index is -3.83. The predicted octanol–water partition coefficient (Wildman–Crippen LogP) is 5.62. The fourth-order valence-electron chi connectivity index (χ4n) is 4.22. The van der Waals surface area contributed by atoms with E-state index in [1.165, 1.54) is 4.90 Å². The van der Waals surface area contributed by atoms with E-state index in [2.05, 4.69) is 5.32 Å². The first-order chi connectivity index (χ1) is 19.0. The summed E-state index contributed by atoms with van der Waals surface area (Å²) in [5.41, 5.74) is 2.75. The number of halogens is 2. The van der Waals surface area contributed by atoms with Gasteiger partial charge in [0.15, 0.2) is 0 Å². The molecule has 0 spiro atoms. The number of rotatable bonds is 13. The van der Waals surface area contributed by atoms with Crippen LogP contribution in [0.4, 0.5) is 5.69 Å². The highest BCUT2D eigenvalue weighted by atomic mass is 35.5. The topological polar surface area (TPSA) is 86.8 Å². The van der Waals surface area contributed by atoms with Gasteiger partial charge in [-0.15, -0.1) is 0 Å². The molecule has 0 aromatic heterocycles. The second kappa shape index (κ2) is 14.5. The van der Waals surface area contributed by atoms with Crippen molar-refractivity contribution in [3.05, 3.63) is 99.5 Å². The molecule has 1 N–H and O–H groups in total. The third kappa shape index (κ3) is 8.98. The van der Waals surface area contributed by atoms with Gasteiger partial charge in [-0.2, -0.15) is 0 Å². The molecule has 0 aliphatic rings. The number of hydrogen-bond acceptors (Lipinski definition) is 4. The monoisotopic (exact) mass is 603 g/mol. The Kier molecular flexibility index (Phi) is 11.4. The van der Waals surface area contributed by atoms with Crippen LogP contribution in [0, 0.1) is 6.92 Å². The smallest absolute Gasteiger partial charge is 0.244 e. The molecule has 0 unspecified atom stereocenters. The summed E-state index contributed by atoms with van der Waals surface area (Å²) in [5, 5.41) is 3.73. The summed E-state index contributed by atoms with van der Waals surface area (Å²) in [6.07, 6.45) is 2.97. The van der Waals surface area contributed by atoms with Crippen LogP contribution in [-0.4, -0.2) is 50.5 Å². The van der Waals surface area contributed by atoms with E-state index in [9.17, 15) is 18.0 Å². The molecule has 0 bridgehead atoms. The molecular weight excluding hydrogens is 569 g/mol. The summed E-state index contributed by atoms with van der Waals surface area (Å²) in [7, 11) is -3.83. The average Bonchev–Trinajstić information content (AvgIpc) is 2.91. The molecule has 10 heteroatoms. The van der Waals surface area contributed by atoms with Gasteiger partial charge < -0.3 is 10.2 Å². The minimum Gasteiger partial charge on any atom is -0.354 e. The lowest BCUT2D eigenvalue weighted by Crippen LogP contribution is -2.53. The van der Waals surface area contributed by atoms with Gasteiger partial charge in [-0.3, -0.25) is 13.9 Å². The highest BCUT2D eigenvalue weighted by Gasteiger charge is 2.33. The van der Waals surface area contributed by atoms with Crippen LogP contribution in [0.3, 0.4) is 0 Å². The van der Waals surface area contributed by atoms with Crippen LogP contribution in [0.5, 0.6) is 0 Å². The average molecular weight is 605 g/mol. The first-order valence-electron chi connectivity index (χ1n) is 13.1. The molecule has 0 saturated carbocycles. The number of amides is 2. The van der Waals surface area contributed by atoms with Crippen LogP contribution in [0.15, 0.2) is 72.8 Å². The van der Waals surface area contributed by atoms with Crippen LogP contribution in [-0.2, 0) is 32.6 Å². The van der Waals surface area contributed by atoms with E-state index in [1.807, 2.05) is 44.2 Å². The largest absolute Gasteiger partial charge is 0.354 e. The molecule has 3 rings (SSSR count). The maximum absolute atomic E-state index is 14.1. The van der Waals surface area contributed by atoms with Crippen LogP contribution >= 0.6 is 23.2 Å². The van der Waals surface area contributed by atoms with Crippen molar-refractivity contribution >= 4 is 50.7 Å². The van der Waals surface area contributed by atoms with E-state index in [-0.39, 0.29) is 18.9 Å². The highest BCUT2D eigenvalue weighted by Crippen LogP contribution is 2.25. The van der Waals surface area contributed by atoms with E-state index >= 15 is 0 Å². The molecule has 0 saturated heterocycles. The van der Waals surface area contributed by atoms with Gasteiger partial charge in [0.25, 0.3) is 0 Å². The third-order valence-corrected chi connectivity index (χ3v) is 8.19. The summed E-state index contributed by atoms with van der Waals surface area (Å²) in [6.45, 7) is 3.88. The van der Waals surface area contributed by atoms with E-state index in [4.69, 9.17) is 23.2 Å². The van der Waals surface area contributed by atoms with Crippen molar-refractivity contribution in [3.8, 4) is 0 Å². The molecule has 214 valence electrons. The Morgan fingerprint density at radius 1 is 0.975 bits per heavy atom. The number of carbonyl (C=O) groups excluding carboxylic acids is 2. The van der Waals surface area contributed by atoms with Crippen molar-refractivity contribution in [1.29, 1.82) is 0 Å². The van der Waals surface area contributed by atoms with E-state index < -0.39 is 28.5 Å². The summed E-state index contributed by atoms with van der Waals surface area (Å²) in [4.78, 5) is 29.1. The number of aryl methyl sites for hydroxylation is 1. The molecule has 1 atom stereocenters. The lowest BCUT2D eigenvalue weighted by atomic mass is 10.0. The third-order valence-electron chi connectivity index (χ3n) is 6.46. The first-order valence-corrected chi connectivity index (χ1v) is 15.7. The molecule has 0 radical (unpaired) electrons.